The normalized spacial score (nSPS) is 13.9. The van der Waals surface area contributed by atoms with E-state index in [-0.39, 0.29) is 6.03 Å². The number of ether oxygens (including phenoxy) is 1. The number of nitrogens with one attached hydrogen (secondary N) is 3. The molecule has 0 aliphatic carbocycles. The summed E-state index contributed by atoms with van der Waals surface area (Å²) in [4.78, 5) is 23.1. The van der Waals surface area contributed by atoms with Crippen molar-refractivity contribution in [1.29, 1.82) is 0 Å². The minimum absolute atomic E-state index is 0.223. The van der Waals surface area contributed by atoms with Gasteiger partial charge in [-0.15, -0.1) is 0 Å². The van der Waals surface area contributed by atoms with Crippen molar-refractivity contribution in [1.82, 2.24) is 15.3 Å². The van der Waals surface area contributed by atoms with Crippen LogP contribution < -0.4 is 20.9 Å². The average Bonchev–Trinajstić information content (AvgIpc) is 2.72. The predicted molar refractivity (Wildman–Crippen MR) is 111 cm³/mol. The fraction of sp³-hybridized carbons (Fsp3) is 0.450. The summed E-state index contributed by atoms with van der Waals surface area (Å²) in [6.45, 7) is 8.12. The Labute approximate surface area is 165 Å². The molecule has 0 radical (unpaired) electrons. The molecule has 1 aliphatic heterocycles. The molecule has 1 aromatic carbocycles. The highest BCUT2D eigenvalue weighted by Gasteiger charge is 2.14. The van der Waals surface area contributed by atoms with Gasteiger partial charge in [-0.2, -0.15) is 0 Å². The van der Waals surface area contributed by atoms with Crippen LogP contribution in [0.1, 0.15) is 18.3 Å². The number of aromatic nitrogens is 2. The summed E-state index contributed by atoms with van der Waals surface area (Å²) in [5, 5.41) is 8.92. The Hall–Kier alpha value is -2.87. The smallest absolute Gasteiger partial charge is 0.319 e. The van der Waals surface area contributed by atoms with Gasteiger partial charge >= 0.3 is 6.03 Å². The van der Waals surface area contributed by atoms with Crippen molar-refractivity contribution in [2.24, 2.45) is 0 Å². The molecule has 28 heavy (non-hydrogen) atoms. The SMILES string of the molecule is CCc1ccc(NC(=O)NCCNc2cc(N3CCOCC3)nc(C)n2)cc1. The second-order valence-electron chi connectivity index (χ2n) is 6.62. The largest absolute Gasteiger partial charge is 0.378 e. The van der Waals surface area contributed by atoms with Gasteiger partial charge in [0.05, 0.1) is 13.2 Å². The van der Waals surface area contributed by atoms with Gasteiger partial charge < -0.3 is 25.6 Å². The average molecular weight is 384 g/mol. The Bertz CT molecular complexity index is 775. The molecule has 8 heteroatoms. The van der Waals surface area contributed by atoms with E-state index in [4.69, 9.17) is 4.74 Å². The molecular formula is C20H28N6O2. The summed E-state index contributed by atoms with van der Waals surface area (Å²) < 4.78 is 5.39. The maximum Gasteiger partial charge on any atom is 0.319 e. The molecule has 150 valence electrons. The number of hydrogen-bond donors (Lipinski definition) is 3. The highest BCUT2D eigenvalue weighted by molar-refractivity contribution is 5.89. The molecule has 8 nitrogen and oxygen atoms in total. The molecule has 0 unspecified atom stereocenters. The highest BCUT2D eigenvalue weighted by atomic mass is 16.5. The van der Waals surface area contributed by atoms with Crippen molar-refractivity contribution in [3.8, 4) is 0 Å². The van der Waals surface area contributed by atoms with E-state index in [2.05, 4.69) is 37.7 Å². The van der Waals surface area contributed by atoms with Crippen molar-refractivity contribution in [3.63, 3.8) is 0 Å². The Morgan fingerprint density at radius 3 is 2.61 bits per heavy atom. The summed E-state index contributed by atoms with van der Waals surface area (Å²) in [5.41, 5.74) is 2.02. The van der Waals surface area contributed by atoms with Gasteiger partial charge in [0.2, 0.25) is 0 Å². The molecule has 2 amide bonds. The Morgan fingerprint density at radius 1 is 1.14 bits per heavy atom. The standard InChI is InChI=1S/C20H28N6O2/c1-3-16-4-6-17(7-5-16)25-20(27)22-9-8-21-18-14-19(24-15(2)23-18)26-10-12-28-13-11-26/h4-7,14H,3,8-13H2,1-2H3,(H,21,23,24)(H2,22,25,27). The van der Waals surface area contributed by atoms with Crippen LogP contribution in [0, 0.1) is 6.92 Å². The monoisotopic (exact) mass is 384 g/mol. The minimum Gasteiger partial charge on any atom is -0.378 e. The van der Waals surface area contributed by atoms with Crippen LogP contribution in [0.5, 0.6) is 0 Å². The van der Waals surface area contributed by atoms with Crippen LogP contribution in [0.2, 0.25) is 0 Å². The van der Waals surface area contributed by atoms with Crippen molar-refractivity contribution in [3.05, 3.63) is 41.7 Å². The summed E-state index contributed by atoms with van der Waals surface area (Å²) in [6.07, 6.45) is 0.980. The maximum absolute atomic E-state index is 12.0. The zero-order chi connectivity index (χ0) is 19.8. The van der Waals surface area contributed by atoms with Gasteiger partial charge in [0.15, 0.2) is 0 Å². The van der Waals surface area contributed by atoms with Crippen molar-refractivity contribution in [2.75, 3.05) is 54.9 Å². The predicted octanol–water partition coefficient (Wildman–Crippen LogP) is 2.42. The molecule has 0 saturated carbocycles. The molecule has 3 rings (SSSR count). The van der Waals surface area contributed by atoms with Crippen molar-refractivity contribution in [2.45, 2.75) is 20.3 Å². The molecule has 1 fully saturated rings. The second-order valence-corrected chi connectivity index (χ2v) is 6.62. The fourth-order valence-electron chi connectivity index (χ4n) is 2.96. The molecule has 1 saturated heterocycles. The molecule has 2 aromatic rings. The Morgan fingerprint density at radius 2 is 1.89 bits per heavy atom. The first kappa shape index (κ1) is 19.9. The van der Waals surface area contributed by atoms with Crippen LogP contribution >= 0.6 is 0 Å². The van der Waals surface area contributed by atoms with Gasteiger partial charge in [-0.25, -0.2) is 14.8 Å². The van der Waals surface area contributed by atoms with Crippen molar-refractivity contribution >= 4 is 23.4 Å². The van der Waals surface area contributed by atoms with Gasteiger partial charge in [-0.1, -0.05) is 19.1 Å². The number of benzene rings is 1. The zero-order valence-corrected chi connectivity index (χ0v) is 16.5. The number of anilines is 3. The molecule has 0 spiro atoms. The molecule has 1 aromatic heterocycles. The number of urea groups is 1. The molecule has 2 heterocycles. The summed E-state index contributed by atoms with van der Waals surface area (Å²) in [7, 11) is 0. The number of nitrogens with zero attached hydrogens (tertiary/aromatic N) is 3. The Balaban J connectivity index is 1.44. The van der Waals surface area contributed by atoms with Crippen LogP contribution in [-0.2, 0) is 11.2 Å². The highest BCUT2D eigenvalue weighted by Crippen LogP contribution is 2.17. The van der Waals surface area contributed by atoms with Crippen LogP contribution in [0.15, 0.2) is 30.3 Å². The van der Waals surface area contributed by atoms with Gasteiger partial charge in [-0.3, -0.25) is 0 Å². The first-order chi connectivity index (χ1) is 13.6. The van der Waals surface area contributed by atoms with E-state index in [0.717, 1.165) is 36.8 Å². The number of rotatable bonds is 7. The van der Waals surface area contributed by atoms with Crippen LogP contribution in [0.25, 0.3) is 0 Å². The van der Waals surface area contributed by atoms with E-state index in [0.29, 0.717) is 32.1 Å². The quantitative estimate of drug-likeness (QED) is 0.635. The first-order valence-corrected chi connectivity index (χ1v) is 9.70. The summed E-state index contributed by atoms with van der Waals surface area (Å²) in [5.74, 6) is 2.37. The topological polar surface area (TPSA) is 91.4 Å². The van der Waals surface area contributed by atoms with Gasteiger partial charge in [0.1, 0.15) is 17.5 Å². The third-order valence-electron chi connectivity index (χ3n) is 4.50. The minimum atomic E-state index is -0.223. The van der Waals surface area contributed by atoms with E-state index in [1.165, 1.54) is 5.56 Å². The molecular weight excluding hydrogens is 356 g/mol. The van der Waals surface area contributed by atoms with Gasteiger partial charge in [-0.05, 0) is 31.0 Å². The number of aryl methyl sites for hydroxylation is 2. The molecule has 0 bridgehead atoms. The lowest BCUT2D eigenvalue weighted by molar-refractivity contribution is 0.122. The number of morpholine rings is 1. The number of carbonyl (C=O) groups excluding carboxylic acids is 1. The van der Waals surface area contributed by atoms with E-state index >= 15 is 0 Å². The summed E-state index contributed by atoms with van der Waals surface area (Å²) >= 11 is 0. The lowest BCUT2D eigenvalue weighted by Crippen LogP contribution is -2.37. The third-order valence-corrected chi connectivity index (χ3v) is 4.50. The van der Waals surface area contributed by atoms with Crippen LogP contribution in [0.3, 0.4) is 0 Å². The van der Waals surface area contributed by atoms with Gasteiger partial charge in [0, 0.05) is 37.9 Å². The molecule has 0 atom stereocenters. The summed E-state index contributed by atoms with van der Waals surface area (Å²) in [6, 6.07) is 9.56. The zero-order valence-electron chi connectivity index (χ0n) is 16.5. The van der Waals surface area contributed by atoms with E-state index in [9.17, 15) is 4.79 Å². The molecule has 3 N–H and O–H groups in total. The lowest BCUT2D eigenvalue weighted by atomic mass is 10.1. The fourth-order valence-corrected chi connectivity index (χ4v) is 2.96. The first-order valence-electron chi connectivity index (χ1n) is 9.70. The maximum atomic E-state index is 12.0. The molecule has 1 aliphatic rings. The number of amides is 2. The van der Waals surface area contributed by atoms with E-state index in [1.54, 1.807) is 0 Å². The number of carbonyl (C=O) groups is 1. The van der Waals surface area contributed by atoms with E-state index < -0.39 is 0 Å². The van der Waals surface area contributed by atoms with Crippen molar-refractivity contribution < 1.29 is 9.53 Å². The van der Waals surface area contributed by atoms with Gasteiger partial charge in [0.25, 0.3) is 0 Å². The van der Waals surface area contributed by atoms with Crippen LogP contribution in [0.4, 0.5) is 22.1 Å². The van der Waals surface area contributed by atoms with Crippen LogP contribution in [-0.4, -0.2) is 55.4 Å². The number of hydrogen-bond acceptors (Lipinski definition) is 6. The second kappa shape index (κ2) is 9.89. The third kappa shape index (κ3) is 5.82. The Kier molecular flexibility index (Phi) is 7.02. The lowest BCUT2D eigenvalue weighted by Gasteiger charge is -2.28. The van der Waals surface area contributed by atoms with E-state index in [1.807, 2.05) is 37.3 Å².